The summed E-state index contributed by atoms with van der Waals surface area (Å²) in [6.45, 7) is 8.11. The molecule has 2 aliphatic heterocycles. The van der Waals surface area contributed by atoms with E-state index in [1.165, 1.54) is 37.1 Å². The van der Waals surface area contributed by atoms with Crippen LogP contribution in [0.5, 0.6) is 0 Å². The highest BCUT2D eigenvalue weighted by atomic mass is 16.1. The van der Waals surface area contributed by atoms with Crippen molar-refractivity contribution in [2.75, 3.05) is 32.7 Å². The predicted octanol–water partition coefficient (Wildman–Crippen LogP) is 3.43. The molecule has 1 N–H and O–H groups in total. The van der Waals surface area contributed by atoms with Crippen LogP contribution < -0.4 is 5.32 Å². The molecule has 1 aromatic heterocycles. The number of aromatic nitrogens is 1. The number of carbonyl (C=O) groups excluding carboxylic acids is 1. The number of benzene rings is 1. The maximum absolute atomic E-state index is 12.8. The van der Waals surface area contributed by atoms with Gasteiger partial charge in [0.05, 0.1) is 18.2 Å². The Labute approximate surface area is 186 Å². The molecular weight excluding hydrogens is 384 g/mol. The number of aryl methyl sites for hydroxylation is 1. The quantitative estimate of drug-likeness (QED) is 0.746. The van der Waals surface area contributed by atoms with Gasteiger partial charge in [-0.25, -0.2) is 0 Å². The van der Waals surface area contributed by atoms with Crippen molar-refractivity contribution < 1.29 is 4.79 Å². The number of hydrogen-bond donors (Lipinski definition) is 1. The number of nitrogens with one attached hydrogen (secondary N) is 1. The average molecular weight is 421 g/mol. The van der Waals surface area contributed by atoms with Crippen LogP contribution in [0, 0.1) is 12.8 Å². The van der Waals surface area contributed by atoms with Gasteiger partial charge in [-0.05, 0) is 81.9 Å². The Balaban J connectivity index is 1.20. The van der Waals surface area contributed by atoms with Crippen LogP contribution >= 0.6 is 0 Å². The Morgan fingerprint density at radius 1 is 1.10 bits per heavy atom. The molecule has 2 aromatic rings. The summed E-state index contributed by atoms with van der Waals surface area (Å²) >= 11 is 0. The molecule has 2 aliphatic rings. The van der Waals surface area contributed by atoms with Crippen molar-refractivity contribution in [2.24, 2.45) is 5.92 Å². The molecule has 3 heterocycles. The molecule has 166 valence electrons. The van der Waals surface area contributed by atoms with Gasteiger partial charge in [-0.1, -0.05) is 30.3 Å². The lowest BCUT2D eigenvalue weighted by Crippen LogP contribution is -2.50. The van der Waals surface area contributed by atoms with Gasteiger partial charge in [0.25, 0.3) is 0 Å². The molecule has 0 radical (unpaired) electrons. The Kier molecular flexibility index (Phi) is 7.71. The summed E-state index contributed by atoms with van der Waals surface area (Å²) in [7, 11) is 0. The largest absolute Gasteiger partial charge is 0.350 e. The van der Waals surface area contributed by atoms with Crippen molar-refractivity contribution in [1.82, 2.24) is 20.1 Å². The number of piperidine rings is 2. The summed E-state index contributed by atoms with van der Waals surface area (Å²) in [5.41, 5.74) is 3.54. The lowest BCUT2D eigenvalue weighted by atomic mass is 9.93. The van der Waals surface area contributed by atoms with Crippen molar-refractivity contribution in [3.05, 3.63) is 65.5 Å². The molecule has 31 heavy (non-hydrogen) atoms. The average Bonchev–Trinajstić information content (AvgIpc) is 2.82. The second-order valence-electron chi connectivity index (χ2n) is 9.18. The second kappa shape index (κ2) is 10.9. The molecule has 1 amide bonds. The Hall–Kier alpha value is -2.24. The van der Waals surface area contributed by atoms with Crippen molar-refractivity contribution in [2.45, 2.75) is 51.6 Å². The summed E-state index contributed by atoms with van der Waals surface area (Å²) in [5, 5.41) is 3.12. The SMILES string of the molecule is Cc1ccnc(CNC(=O)[C@@H]2CCCN(C3CCN(CCc4ccccc4)CC3)C2)c1. The first-order valence-electron chi connectivity index (χ1n) is 11.9. The van der Waals surface area contributed by atoms with Gasteiger partial charge in [0.2, 0.25) is 5.91 Å². The molecular formula is C26H36N4O. The van der Waals surface area contributed by atoms with E-state index in [4.69, 9.17) is 0 Å². The molecule has 1 aromatic carbocycles. The molecule has 0 bridgehead atoms. The van der Waals surface area contributed by atoms with Gasteiger partial charge in [-0.3, -0.25) is 14.7 Å². The molecule has 2 fully saturated rings. The van der Waals surface area contributed by atoms with Crippen LogP contribution in [0.15, 0.2) is 48.7 Å². The summed E-state index contributed by atoms with van der Waals surface area (Å²) < 4.78 is 0. The number of amides is 1. The van der Waals surface area contributed by atoms with Crippen LogP contribution in [-0.4, -0.2) is 59.5 Å². The van der Waals surface area contributed by atoms with Crippen molar-refractivity contribution in [3.8, 4) is 0 Å². The summed E-state index contributed by atoms with van der Waals surface area (Å²) in [6.07, 6.45) is 7.50. The Bertz CT molecular complexity index is 832. The molecule has 5 heteroatoms. The van der Waals surface area contributed by atoms with Gasteiger partial charge in [0.15, 0.2) is 0 Å². The van der Waals surface area contributed by atoms with E-state index in [0.29, 0.717) is 12.6 Å². The molecule has 0 spiro atoms. The zero-order valence-corrected chi connectivity index (χ0v) is 18.8. The zero-order valence-electron chi connectivity index (χ0n) is 18.8. The van der Waals surface area contributed by atoms with Crippen LogP contribution in [0.3, 0.4) is 0 Å². The number of likely N-dealkylation sites (tertiary alicyclic amines) is 2. The van der Waals surface area contributed by atoms with Gasteiger partial charge in [-0.2, -0.15) is 0 Å². The fraction of sp³-hybridized carbons (Fsp3) is 0.538. The summed E-state index contributed by atoms with van der Waals surface area (Å²) in [4.78, 5) is 22.3. The molecule has 5 nitrogen and oxygen atoms in total. The van der Waals surface area contributed by atoms with E-state index < -0.39 is 0 Å². The highest BCUT2D eigenvalue weighted by Crippen LogP contribution is 2.24. The third-order valence-electron chi connectivity index (χ3n) is 6.87. The van der Waals surface area contributed by atoms with Gasteiger partial charge in [0.1, 0.15) is 0 Å². The van der Waals surface area contributed by atoms with Gasteiger partial charge in [0, 0.05) is 25.3 Å². The number of rotatable bonds is 7. The topological polar surface area (TPSA) is 48.5 Å². The molecule has 1 atom stereocenters. The van der Waals surface area contributed by atoms with E-state index >= 15 is 0 Å². The highest BCUT2D eigenvalue weighted by molar-refractivity contribution is 5.78. The van der Waals surface area contributed by atoms with E-state index in [2.05, 4.69) is 57.4 Å². The third-order valence-corrected chi connectivity index (χ3v) is 6.87. The fourth-order valence-corrected chi connectivity index (χ4v) is 5.01. The van der Waals surface area contributed by atoms with E-state index in [9.17, 15) is 4.79 Å². The zero-order chi connectivity index (χ0) is 21.5. The number of nitrogens with zero attached hydrogens (tertiary/aromatic N) is 3. The van der Waals surface area contributed by atoms with Crippen LogP contribution in [0.2, 0.25) is 0 Å². The molecule has 0 saturated carbocycles. The summed E-state index contributed by atoms with van der Waals surface area (Å²) in [6, 6.07) is 15.4. The van der Waals surface area contributed by atoms with Crippen LogP contribution in [-0.2, 0) is 17.8 Å². The third kappa shape index (κ3) is 6.37. The van der Waals surface area contributed by atoms with E-state index in [0.717, 1.165) is 44.6 Å². The number of pyridine rings is 1. The first-order chi connectivity index (χ1) is 15.2. The Morgan fingerprint density at radius 3 is 2.68 bits per heavy atom. The predicted molar refractivity (Wildman–Crippen MR) is 125 cm³/mol. The smallest absolute Gasteiger partial charge is 0.224 e. The number of hydrogen-bond acceptors (Lipinski definition) is 4. The van der Waals surface area contributed by atoms with E-state index in [-0.39, 0.29) is 11.8 Å². The molecule has 0 unspecified atom stereocenters. The van der Waals surface area contributed by atoms with Crippen LogP contribution in [0.25, 0.3) is 0 Å². The van der Waals surface area contributed by atoms with E-state index in [1.54, 1.807) is 0 Å². The first kappa shape index (κ1) is 22.0. The Morgan fingerprint density at radius 2 is 1.90 bits per heavy atom. The minimum atomic E-state index is 0.106. The standard InChI is InChI=1S/C26H36N4O/c1-21-9-13-27-24(18-21)19-28-26(31)23-8-5-14-30(20-23)25-11-16-29(17-12-25)15-10-22-6-3-2-4-7-22/h2-4,6-7,9,13,18,23,25H,5,8,10-12,14-17,19-20H2,1H3,(H,28,31)/t23-/m1/s1. The minimum Gasteiger partial charge on any atom is -0.350 e. The van der Waals surface area contributed by atoms with Crippen molar-refractivity contribution in [3.63, 3.8) is 0 Å². The van der Waals surface area contributed by atoms with Crippen molar-refractivity contribution in [1.29, 1.82) is 0 Å². The van der Waals surface area contributed by atoms with E-state index in [1.807, 2.05) is 18.3 Å². The molecule has 2 saturated heterocycles. The first-order valence-corrected chi connectivity index (χ1v) is 11.9. The highest BCUT2D eigenvalue weighted by Gasteiger charge is 2.31. The van der Waals surface area contributed by atoms with Gasteiger partial charge in [-0.15, -0.1) is 0 Å². The van der Waals surface area contributed by atoms with Gasteiger partial charge < -0.3 is 10.2 Å². The van der Waals surface area contributed by atoms with Gasteiger partial charge >= 0.3 is 0 Å². The normalized spacial score (nSPS) is 21.1. The summed E-state index contributed by atoms with van der Waals surface area (Å²) in [5.74, 6) is 0.294. The molecule has 4 rings (SSSR count). The van der Waals surface area contributed by atoms with Crippen LogP contribution in [0.4, 0.5) is 0 Å². The maximum Gasteiger partial charge on any atom is 0.224 e. The van der Waals surface area contributed by atoms with Crippen LogP contribution in [0.1, 0.15) is 42.5 Å². The molecule has 0 aliphatic carbocycles. The fourth-order valence-electron chi connectivity index (χ4n) is 5.01. The van der Waals surface area contributed by atoms with Crippen molar-refractivity contribution >= 4 is 5.91 Å². The monoisotopic (exact) mass is 420 g/mol. The maximum atomic E-state index is 12.8. The minimum absolute atomic E-state index is 0.106. The number of carbonyl (C=O) groups is 1. The second-order valence-corrected chi connectivity index (χ2v) is 9.18. The lowest BCUT2D eigenvalue weighted by Gasteiger charge is -2.42. The lowest BCUT2D eigenvalue weighted by molar-refractivity contribution is -0.127.